The summed E-state index contributed by atoms with van der Waals surface area (Å²) in [7, 11) is 1.58. The Morgan fingerprint density at radius 2 is 1.89 bits per heavy atom. The molecule has 0 saturated carbocycles. The average molecular weight is 256 g/mol. The standard InChI is InChI=1S/C15H16N2O2/c1-10-7-11(2)15(19-3)12(8-10)13(18)9-14-16-5-4-6-17-14/h4-8H,9H2,1-3H3. The zero-order valence-corrected chi connectivity index (χ0v) is 11.3. The fourth-order valence-corrected chi connectivity index (χ4v) is 2.09. The molecule has 2 rings (SSSR count). The van der Waals surface area contributed by atoms with Crippen LogP contribution in [-0.4, -0.2) is 22.9 Å². The Labute approximate surface area is 112 Å². The summed E-state index contributed by atoms with van der Waals surface area (Å²) in [6.07, 6.45) is 3.45. The van der Waals surface area contributed by atoms with Crippen molar-refractivity contribution in [3.05, 3.63) is 53.1 Å². The van der Waals surface area contributed by atoms with Crippen molar-refractivity contribution in [3.63, 3.8) is 0 Å². The number of methoxy groups -OCH3 is 1. The highest BCUT2D eigenvalue weighted by Gasteiger charge is 2.16. The Morgan fingerprint density at radius 1 is 1.21 bits per heavy atom. The molecule has 0 amide bonds. The van der Waals surface area contributed by atoms with Crippen LogP contribution in [0.15, 0.2) is 30.6 Å². The molecule has 4 heteroatoms. The van der Waals surface area contributed by atoms with Gasteiger partial charge in [0.2, 0.25) is 0 Å². The fourth-order valence-electron chi connectivity index (χ4n) is 2.09. The van der Waals surface area contributed by atoms with Gasteiger partial charge in [0, 0.05) is 12.4 Å². The molecule has 0 spiro atoms. The van der Waals surface area contributed by atoms with Gasteiger partial charge in [-0.05, 0) is 37.1 Å². The van der Waals surface area contributed by atoms with Gasteiger partial charge in [0.05, 0.1) is 19.1 Å². The third-order valence-corrected chi connectivity index (χ3v) is 2.86. The van der Waals surface area contributed by atoms with E-state index in [2.05, 4.69) is 9.97 Å². The van der Waals surface area contributed by atoms with Crippen molar-refractivity contribution in [1.82, 2.24) is 9.97 Å². The van der Waals surface area contributed by atoms with Crippen LogP contribution in [0.3, 0.4) is 0 Å². The highest BCUT2D eigenvalue weighted by Crippen LogP contribution is 2.26. The van der Waals surface area contributed by atoms with Crippen LogP contribution in [0.25, 0.3) is 0 Å². The lowest BCUT2D eigenvalue weighted by Gasteiger charge is -2.11. The predicted molar refractivity (Wildman–Crippen MR) is 72.5 cm³/mol. The maximum Gasteiger partial charge on any atom is 0.174 e. The van der Waals surface area contributed by atoms with Gasteiger partial charge in [-0.15, -0.1) is 0 Å². The minimum absolute atomic E-state index is 0.0325. The molecule has 0 radical (unpaired) electrons. The summed E-state index contributed by atoms with van der Waals surface area (Å²) >= 11 is 0. The molecule has 0 aliphatic carbocycles. The summed E-state index contributed by atoms with van der Waals surface area (Å²) in [6.45, 7) is 3.89. The molecule has 0 saturated heterocycles. The number of rotatable bonds is 4. The topological polar surface area (TPSA) is 52.1 Å². The molecule has 2 aromatic rings. The number of nitrogens with zero attached hydrogens (tertiary/aromatic N) is 2. The summed E-state index contributed by atoms with van der Waals surface area (Å²) in [5.74, 6) is 1.12. The van der Waals surface area contributed by atoms with Gasteiger partial charge in [0.25, 0.3) is 0 Å². The molecule has 1 heterocycles. The molecule has 19 heavy (non-hydrogen) atoms. The number of benzene rings is 1. The summed E-state index contributed by atoms with van der Waals surface area (Å²) < 4.78 is 5.33. The second kappa shape index (κ2) is 5.61. The Kier molecular flexibility index (Phi) is 3.90. The van der Waals surface area contributed by atoms with Gasteiger partial charge in [-0.1, -0.05) is 6.07 Å². The van der Waals surface area contributed by atoms with Gasteiger partial charge in [-0.3, -0.25) is 4.79 Å². The van der Waals surface area contributed by atoms with Gasteiger partial charge >= 0.3 is 0 Å². The van der Waals surface area contributed by atoms with Crippen LogP contribution in [0.2, 0.25) is 0 Å². The van der Waals surface area contributed by atoms with Crippen LogP contribution < -0.4 is 4.74 Å². The molecular formula is C15H16N2O2. The lowest BCUT2D eigenvalue weighted by Crippen LogP contribution is -2.09. The van der Waals surface area contributed by atoms with Crippen LogP contribution in [0.1, 0.15) is 27.3 Å². The van der Waals surface area contributed by atoms with E-state index >= 15 is 0 Å². The summed E-state index contributed by atoms with van der Waals surface area (Å²) in [6, 6.07) is 5.57. The largest absolute Gasteiger partial charge is 0.496 e. The number of hydrogen-bond donors (Lipinski definition) is 0. The molecule has 0 aliphatic heterocycles. The van der Waals surface area contributed by atoms with E-state index in [1.54, 1.807) is 25.6 Å². The first-order valence-electron chi connectivity index (χ1n) is 6.06. The summed E-state index contributed by atoms with van der Waals surface area (Å²) in [5.41, 5.74) is 2.59. The second-order valence-corrected chi connectivity index (χ2v) is 4.43. The molecule has 1 aromatic carbocycles. The van der Waals surface area contributed by atoms with Crippen LogP contribution >= 0.6 is 0 Å². The Balaban J connectivity index is 2.33. The van der Waals surface area contributed by atoms with Crippen LogP contribution in [0, 0.1) is 13.8 Å². The van der Waals surface area contributed by atoms with Crippen molar-refractivity contribution in [3.8, 4) is 5.75 Å². The first kappa shape index (κ1) is 13.2. The molecule has 0 fully saturated rings. The van der Waals surface area contributed by atoms with E-state index in [-0.39, 0.29) is 12.2 Å². The van der Waals surface area contributed by atoms with Crippen molar-refractivity contribution < 1.29 is 9.53 Å². The molecule has 1 aromatic heterocycles. The highest BCUT2D eigenvalue weighted by atomic mass is 16.5. The second-order valence-electron chi connectivity index (χ2n) is 4.43. The van der Waals surface area contributed by atoms with Gasteiger partial charge < -0.3 is 4.74 Å². The van der Waals surface area contributed by atoms with E-state index in [1.807, 2.05) is 26.0 Å². The monoisotopic (exact) mass is 256 g/mol. The maximum absolute atomic E-state index is 12.3. The number of ketones is 1. The number of aromatic nitrogens is 2. The van der Waals surface area contributed by atoms with Crippen molar-refractivity contribution in [2.75, 3.05) is 7.11 Å². The number of carbonyl (C=O) groups excluding carboxylic acids is 1. The Bertz CT molecular complexity index is 595. The number of ether oxygens (including phenoxy) is 1. The van der Waals surface area contributed by atoms with Crippen molar-refractivity contribution in [1.29, 1.82) is 0 Å². The maximum atomic E-state index is 12.3. The van der Waals surface area contributed by atoms with Crippen molar-refractivity contribution >= 4 is 5.78 Å². The van der Waals surface area contributed by atoms with Crippen LogP contribution in [0.5, 0.6) is 5.75 Å². The minimum Gasteiger partial charge on any atom is -0.496 e. The lowest BCUT2D eigenvalue weighted by molar-refractivity contribution is 0.0987. The predicted octanol–water partition coefficient (Wildman–Crippen LogP) is 2.53. The summed E-state index contributed by atoms with van der Waals surface area (Å²) in [4.78, 5) is 20.5. The molecule has 0 N–H and O–H groups in total. The smallest absolute Gasteiger partial charge is 0.174 e. The normalized spacial score (nSPS) is 10.3. The Hall–Kier alpha value is -2.23. The molecular weight excluding hydrogens is 240 g/mol. The number of carbonyl (C=O) groups is 1. The first-order chi connectivity index (χ1) is 9.11. The first-order valence-corrected chi connectivity index (χ1v) is 6.06. The third-order valence-electron chi connectivity index (χ3n) is 2.86. The van der Waals surface area contributed by atoms with E-state index in [0.29, 0.717) is 17.1 Å². The SMILES string of the molecule is COc1c(C)cc(C)cc1C(=O)Cc1ncccn1. The number of hydrogen-bond acceptors (Lipinski definition) is 4. The highest BCUT2D eigenvalue weighted by molar-refractivity contribution is 6.00. The molecule has 4 nitrogen and oxygen atoms in total. The quantitative estimate of drug-likeness (QED) is 0.789. The Morgan fingerprint density at radius 3 is 2.53 bits per heavy atom. The summed E-state index contributed by atoms with van der Waals surface area (Å²) in [5, 5.41) is 0. The van der Waals surface area contributed by atoms with Gasteiger partial charge in [-0.2, -0.15) is 0 Å². The van der Waals surface area contributed by atoms with E-state index in [9.17, 15) is 4.79 Å². The molecule has 0 aliphatic rings. The van der Waals surface area contributed by atoms with Crippen LogP contribution in [0.4, 0.5) is 0 Å². The van der Waals surface area contributed by atoms with E-state index in [4.69, 9.17) is 4.74 Å². The minimum atomic E-state index is -0.0325. The number of Topliss-reactive ketones (excluding diaryl/α,β-unsaturated/α-hetero) is 1. The lowest BCUT2D eigenvalue weighted by atomic mass is 10.0. The van der Waals surface area contributed by atoms with Gasteiger partial charge in [-0.25, -0.2) is 9.97 Å². The van der Waals surface area contributed by atoms with Gasteiger partial charge in [0.1, 0.15) is 11.6 Å². The van der Waals surface area contributed by atoms with Gasteiger partial charge in [0.15, 0.2) is 5.78 Å². The van der Waals surface area contributed by atoms with E-state index in [1.165, 1.54) is 0 Å². The van der Waals surface area contributed by atoms with E-state index < -0.39 is 0 Å². The molecule has 0 atom stereocenters. The fraction of sp³-hybridized carbons (Fsp3) is 0.267. The third kappa shape index (κ3) is 2.96. The van der Waals surface area contributed by atoms with Crippen molar-refractivity contribution in [2.45, 2.75) is 20.3 Å². The molecule has 0 bridgehead atoms. The average Bonchev–Trinajstić information content (AvgIpc) is 2.39. The van der Waals surface area contributed by atoms with Crippen LogP contribution in [-0.2, 0) is 6.42 Å². The zero-order chi connectivity index (χ0) is 13.8. The molecule has 98 valence electrons. The van der Waals surface area contributed by atoms with Crippen molar-refractivity contribution in [2.24, 2.45) is 0 Å². The zero-order valence-electron chi connectivity index (χ0n) is 11.3. The number of aryl methyl sites for hydroxylation is 2. The molecule has 0 unspecified atom stereocenters. The van der Waals surface area contributed by atoms with E-state index in [0.717, 1.165) is 11.1 Å².